The van der Waals surface area contributed by atoms with Crippen molar-refractivity contribution in [1.29, 1.82) is 0 Å². The molecule has 4 rings (SSSR count). The Labute approximate surface area is 134 Å². The summed E-state index contributed by atoms with van der Waals surface area (Å²) >= 11 is 0. The van der Waals surface area contributed by atoms with Gasteiger partial charge in [-0.05, 0) is 17.7 Å². The molecule has 6 nitrogen and oxygen atoms in total. The van der Waals surface area contributed by atoms with Crippen molar-refractivity contribution in [3.8, 4) is 0 Å². The molecule has 2 aliphatic rings. The number of rotatable bonds is 2. The van der Waals surface area contributed by atoms with E-state index in [4.69, 9.17) is 4.74 Å². The highest BCUT2D eigenvalue weighted by Gasteiger charge is 2.38. The van der Waals surface area contributed by atoms with Crippen LogP contribution in [0.4, 0.5) is 0 Å². The van der Waals surface area contributed by atoms with E-state index in [1.54, 1.807) is 6.20 Å². The van der Waals surface area contributed by atoms with Crippen molar-refractivity contribution < 1.29 is 9.53 Å². The molecule has 2 N–H and O–H groups in total. The first-order chi connectivity index (χ1) is 10.3. The van der Waals surface area contributed by atoms with Crippen LogP contribution in [0, 0.1) is 0 Å². The van der Waals surface area contributed by atoms with Gasteiger partial charge in [0.15, 0.2) is 0 Å². The molecule has 0 radical (unpaired) electrons. The van der Waals surface area contributed by atoms with Crippen molar-refractivity contribution in [2.24, 2.45) is 0 Å². The Balaban J connectivity index is 0.00000144. The number of aromatic amines is 1. The van der Waals surface area contributed by atoms with Crippen LogP contribution in [0.5, 0.6) is 0 Å². The smallest absolute Gasteiger partial charge is 0.227 e. The second kappa shape index (κ2) is 6.24. The number of ether oxygens (including phenoxy) is 1. The third kappa shape index (κ3) is 2.58. The fourth-order valence-corrected chi connectivity index (χ4v) is 3.32. The number of hydrogen-bond donors (Lipinski definition) is 2. The number of morpholine rings is 1. The molecule has 0 saturated carbocycles. The van der Waals surface area contributed by atoms with Gasteiger partial charge in [0.05, 0.1) is 25.2 Å². The molecular formula is C15H19ClN4O2. The highest BCUT2D eigenvalue weighted by Crippen LogP contribution is 2.21. The van der Waals surface area contributed by atoms with Crippen LogP contribution in [0.25, 0.3) is 11.0 Å². The van der Waals surface area contributed by atoms with Crippen LogP contribution in [-0.2, 0) is 16.0 Å². The van der Waals surface area contributed by atoms with Crippen LogP contribution in [0.2, 0.25) is 0 Å². The summed E-state index contributed by atoms with van der Waals surface area (Å²) in [6, 6.07) is 4.07. The number of pyridine rings is 1. The molecule has 2 aromatic heterocycles. The van der Waals surface area contributed by atoms with Gasteiger partial charge in [-0.3, -0.25) is 4.79 Å². The molecule has 2 saturated heterocycles. The number of nitrogens with zero attached hydrogens (tertiary/aromatic N) is 2. The van der Waals surface area contributed by atoms with Crippen LogP contribution in [0.15, 0.2) is 24.5 Å². The van der Waals surface area contributed by atoms with Crippen molar-refractivity contribution in [1.82, 2.24) is 20.2 Å². The second-order valence-corrected chi connectivity index (χ2v) is 5.61. The summed E-state index contributed by atoms with van der Waals surface area (Å²) in [6.07, 6.45) is 4.20. The van der Waals surface area contributed by atoms with Gasteiger partial charge in [-0.15, -0.1) is 12.4 Å². The van der Waals surface area contributed by atoms with Crippen molar-refractivity contribution >= 4 is 29.3 Å². The van der Waals surface area contributed by atoms with Gasteiger partial charge in [-0.2, -0.15) is 0 Å². The van der Waals surface area contributed by atoms with Gasteiger partial charge in [0.25, 0.3) is 0 Å². The lowest BCUT2D eigenvalue weighted by atomic mass is 10.1. The van der Waals surface area contributed by atoms with E-state index >= 15 is 0 Å². The van der Waals surface area contributed by atoms with Gasteiger partial charge in [0.2, 0.25) is 5.91 Å². The molecule has 1 amide bonds. The number of aromatic nitrogens is 2. The van der Waals surface area contributed by atoms with Crippen molar-refractivity contribution in [3.63, 3.8) is 0 Å². The van der Waals surface area contributed by atoms with E-state index in [2.05, 4.69) is 15.3 Å². The minimum atomic E-state index is 0. The summed E-state index contributed by atoms with van der Waals surface area (Å²) in [7, 11) is 0. The Bertz CT molecular complexity index is 674. The van der Waals surface area contributed by atoms with Gasteiger partial charge < -0.3 is 19.9 Å². The molecule has 2 aliphatic heterocycles. The summed E-state index contributed by atoms with van der Waals surface area (Å²) in [6.45, 7) is 2.98. The van der Waals surface area contributed by atoms with Crippen LogP contribution in [0.1, 0.15) is 5.56 Å². The Hall–Kier alpha value is -1.63. The minimum absolute atomic E-state index is 0. The number of halogens is 1. The zero-order valence-corrected chi connectivity index (χ0v) is 12.9. The fourth-order valence-electron chi connectivity index (χ4n) is 3.32. The second-order valence-electron chi connectivity index (χ2n) is 5.61. The predicted octanol–water partition coefficient (Wildman–Crippen LogP) is 0.726. The summed E-state index contributed by atoms with van der Waals surface area (Å²) in [5.41, 5.74) is 1.85. The SMILES string of the molecule is Cl.O=C(Cc1c[nH]c2ncccc12)N1CCO[C@H]2CNC[C@H]21. The van der Waals surface area contributed by atoms with Crippen LogP contribution < -0.4 is 5.32 Å². The van der Waals surface area contributed by atoms with Crippen molar-refractivity contribution in [2.75, 3.05) is 26.2 Å². The molecule has 2 aromatic rings. The standard InChI is InChI=1S/C15H18N4O2.ClH/c20-14(19-4-5-21-13-9-16-8-12(13)19)6-10-7-18-15-11(10)2-1-3-17-15;/h1-3,7,12-13,16H,4-6,8-9H2,(H,17,18);1H/t12-,13+;/m1./s1. The van der Waals surface area contributed by atoms with Gasteiger partial charge in [-0.1, -0.05) is 0 Å². The minimum Gasteiger partial charge on any atom is -0.373 e. The molecule has 22 heavy (non-hydrogen) atoms. The van der Waals surface area contributed by atoms with Gasteiger partial charge >= 0.3 is 0 Å². The molecule has 0 aromatic carbocycles. The summed E-state index contributed by atoms with van der Waals surface area (Å²) in [4.78, 5) is 22.0. The summed E-state index contributed by atoms with van der Waals surface area (Å²) < 4.78 is 5.72. The number of carbonyl (C=O) groups is 1. The highest BCUT2D eigenvalue weighted by molar-refractivity contribution is 5.87. The molecule has 7 heteroatoms. The quantitative estimate of drug-likeness (QED) is 0.855. The van der Waals surface area contributed by atoms with Crippen LogP contribution in [-0.4, -0.2) is 59.2 Å². The third-order valence-corrected chi connectivity index (χ3v) is 4.39. The average Bonchev–Trinajstić information content (AvgIpc) is 3.14. The predicted molar refractivity (Wildman–Crippen MR) is 85.2 cm³/mol. The molecule has 0 unspecified atom stereocenters. The van der Waals surface area contributed by atoms with E-state index in [1.165, 1.54) is 0 Å². The van der Waals surface area contributed by atoms with E-state index in [-0.39, 0.29) is 30.5 Å². The topological polar surface area (TPSA) is 70.2 Å². The molecule has 0 aliphatic carbocycles. The van der Waals surface area contributed by atoms with E-state index in [0.717, 1.165) is 29.7 Å². The largest absolute Gasteiger partial charge is 0.373 e. The number of amides is 1. The maximum Gasteiger partial charge on any atom is 0.227 e. The first-order valence-electron chi connectivity index (χ1n) is 7.36. The van der Waals surface area contributed by atoms with Gasteiger partial charge in [0.1, 0.15) is 5.65 Å². The number of hydrogen-bond acceptors (Lipinski definition) is 4. The van der Waals surface area contributed by atoms with E-state index in [1.807, 2.05) is 23.2 Å². The first kappa shape index (κ1) is 15.3. The van der Waals surface area contributed by atoms with Crippen LogP contribution >= 0.6 is 12.4 Å². The zero-order valence-electron chi connectivity index (χ0n) is 12.1. The summed E-state index contributed by atoms with van der Waals surface area (Å²) in [5.74, 6) is 0.168. The van der Waals surface area contributed by atoms with E-state index in [9.17, 15) is 4.79 Å². The lowest BCUT2D eigenvalue weighted by molar-refractivity contribution is -0.142. The van der Waals surface area contributed by atoms with E-state index in [0.29, 0.717) is 19.6 Å². The van der Waals surface area contributed by atoms with Crippen molar-refractivity contribution in [2.45, 2.75) is 18.6 Å². The molecule has 2 fully saturated rings. The maximum atomic E-state index is 12.7. The molecule has 0 bridgehead atoms. The normalized spacial score (nSPS) is 24.1. The van der Waals surface area contributed by atoms with Crippen LogP contribution in [0.3, 0.4) is 0 Å². The lowest BCUT2D eigenvalue weighted by Crippen LogP contribution is -2.53. The maximum absolute atomic E-state index is 12.7. The Kier molecular flexibility index (Phi) is 4.33. The van der Waals surface area contributed by atoms with E-state index < -0.39 is 0 Å². The first-order valence-corrected chi connectivity index (χ1v) is 7.36. The molecule has 0 spiro atoms. The lowest BCUT2D eigenvalue weighted by Gasteiger charge is -2.37. The third-order valence-electron chi connectivity index (χ3n) is 4.39. The highest BCUT2D eigenvalue weighted by atomic mass is 35.5. The Morgan fingerprint density at radius 2 is 2.36 bits per heavy atom. The Morgan fingerprint density at radius 3 is 3.27 bits per heavy atom. The number of fused-ring (bicyclic) bond motifs is 2. The molecule has 4 heterocycles. The van der Waals surface area contributed by atoms with Gasteiger partial charge in [-0.25, -0.2) is 4.98 Å². The van der Waals surface area contributed by atoms with Crippen molar-refractivity contribution in [3.05, 3.63) is 30.1 Å². The number of H-pyrrole nitrogens is 1. The fraction of sp³-hybridized carbons (Fsp3) is 0.467. The Morgan fingerprint density at radius 1 is 1.45 bits per heavy atom. The molecular weight excluding hydrogens is 304 g/mol. The average molecular weight is 323 g/mol. The monoisotopic (exact) mass is 322 g/mol. The number of carbonyl (C=O) groups excluding carboxylic acids is 1. The zero-order chi connectivity index (χ0) is 14.2. The number of nitrogens with one attached hydrogen (secondary N) is 2. The van der Waals surface area contributed by atoms with Gasteiger partial charge in [0, 0.05) is 37.4 Å². The molecule has 2 atom stereocenters. The molecule has 118 valence electrons. The summed E-state index contributed by atoms with van der Waals surface area (Å²) in [5, 5.41) is 4.33.